The third-order valence-electron chi connectivity index (χ3n) is 3.44. The molecule has 1 heterocycles. The maximum atomic E-state index is 13.4. The fraction of sp³-hybridized carbons (Fsp3) is 0.429. The Morgan fingerprint density at radius 2 is 1.77 bits per heavy atom. The van der Waals surface area contributed by atoms with Crippen LogP contribution in [0.1, 0.15) is 0 Å². The summed E-state index contributed by atoms with van der Waals surface area (Å²) in [4.78, 5) is 11.7. The van der Waals surface area contributed by atoms with Gasteiger partial charge in [0.05, 0.1) is 5.69 Å². The van der Waals surface area contributed by atoms with E-state index in [2.05, 4.69) is 19.6 Å². The van der Waals surface area contributed by atoms with E-state index in [0.29, 0.717) is 13.1 Å². The van der Waals surface area contributed by atoms with Gasteiger partial charge in [0.1, 0.15) is 0 Å². The predicted molar refractivity (Wildman–Crippen MR) is 92.3 cm³/mol. The summed E-state index contributed by atoms with van der Waals surface area (Å²) in [6.07, 6.45) is -5.02. The molecule has 0 aromatic heterocycles. The Bertz CT molecular complexity index is 674. The standard InChI is InChI=1S/C14H18F4N6O.ClH/c1-23-4-6-24(7-5-23)13(20)22-12(19)21-9-2-3-10(15)11(8-9)25-14(16,17)18;/h2-3,8H,4-7H2,1H3,(H4,19,20,21,22);1H. The normalized spacial score (nSPS) is 17.0. The number of rotatable bonds is 2. The van der Waals surface area contributed by atoms with Gasteiger partial charge in [-0.05, 0) is 19.2 Å². The van der Waals surface area contributed by atoms with Crippen molar-refractivity contribution in [2.75, 3.05) is 33.2 Å². The number of hydrogen-bond acceptors (Lipinski definition) is 3. The highest BCUT2D eigenvalue weighted by Gasteiger charge is 2.32. The number of benzene rings is 1. The summed E-state index contributed by atoms with van der Waals surface area (Å²) < 4.78 is 53.6. The Kier molecular flexibility index (Phi) is 7.45. The lowest BCUT2D eigenvalue weighted by molar-refractivity contribution is -0.275. The molecule has 2 rings (SSSR count). The monoisotopic (exact) mass is 398 g/mol. The van der Waals surface area contributed by atoms with Gasteiger partial charge in [-0.1, -0.05) is 0 Å². The summed E-state index contributed by atoms with van der Waals surface area (Å²) in [7, 11) is 1.98. The summed E-state index contributed by atoms with van der Waals surface area (Å²) >= 11 is 0. The van der Waals surface area contributed by atoms with Gasteiger partial charge >= 0.3 is 6.36 Å². The quantitative estimate of drug-likeness (QED) is 0.449. The van der Waals surface area contributed by atoms with Gasteiger partial charge < -0.3 is 26.0 Å². The molecule has 1 aliphatic heterocycles. The molecule has 146 valence electrons. The van der Waals surface area contributed by atoms with Crippen molar-refractivity contribution < 1.29 is 22.3 Å². The van der Waals surface area contributed by atoms with Crippen LogP contribution in [-0.4, -0.2) is 61.3 Å². The molecule has 0 spiro atoms. The molecule has 0 unspecified atom stereocenters. The third kappa shape index (κ3) is 6.56. The highest BCUT2D eigenvalue weighted by atomic mass is 35.5. The van der Waals surface area contributed by atoms with Crippen molar-refractivity contribution in [3.8, 4) is 5.75 Å². The molecule has 0 saturated carbocycles. The van der Waals surface area contributed by atoms with Gasteiger partial charge in [-0.25, -0.2) is 9.38 Å². The molecule has 0 radical (unpaired) electrons. The number of aliphatic imine (C=N–C) groups is 2. The number of hydrogen-bond donors (Lipinski definition) is 2. The van der Waals surface area contributed by atoms with Crippen LogP contribution in [-0.2, 0) is 0 Å². The molecule has 4 N–H and O–H groups in total. The Hall–Kier alpha value is -2.27. The van der Waals surface area contributed by atoms with Crippen LogP contribution in [0.15, 0.2) is 28.2 Å². The third-order valence-corrected chi connectivity index (χ3v) is 3.44. The zero-order valence-electron chi connectivity index (χ0n) is 13.8. The van der Waals surface area contributed by atoms with E-state index in [1.165, 1.54) is 0 Å². The number of ether oxygens (including phenoxy) is 1. The summed E-state index contributed by atoms with van der Waals surface area (Å²) in [5, 5.41) is 0. The van der Waals surface area contributed by atoms with Crippen LogP contribution in [0.5, 0.6) is 5.75 Å². The van der Waals surface area contributed by atoms with E-state index in [1.54, 1.807) is 0 Å². The van der Waals surface area contributed by atoms with Crippen molar-refractivity contribution in [3.63, 3.8) is 0 Å². The largest absolute Gasteiger partial charge is 0.573 e. The fourth-order valence-corrected chi connectivity index (χ4v) is 2.15. The van der Waals surface area contributed by atoms with Crippen molar-refractivity contribution in [2.24, 2.45) is 21.5 Å². The van der Waals surface area contributed by atoms with Gasteiger partial charge in [-0.2, -0.15) is 4.99 Å². The number of halogens is 5. The zero-order valence-corrected chi connectivity index (χ0v) is 14.6. The number of nitrogens with two attached hydrogens (primary N) is 2. The molecule has 0 atom stereocenters. The molecule has 1 aromatic carbocycles. The van der Waals surface area contributed by atoms with Crippen molar-refractivity contribution in [2.45, 2.75) is 6.36 Å². The molecule has 1 saturated heterocycles. The van der Waals surface area contributed by atoms with E-state index < -0.39 is 17.9 Å². The maximum absolute atomic E-state index is 13.4. The van der Waals surface area contributed by atoms with Crippen LogP contribution < -0.4 is 16.2 Å². The number of nitrogens with zero attached hydrogens (tertiary/aromatic N) is 4. The first kappa shape index (κ1) is 21.8. The molecular weight excluding hydrogens is 380 g/mol. The van der Waals surface area contributed by atoms with Gasteiger partial charge in [0.15, 0.2) is 17.5 Å². The van der Waals surface area contributed by atoms with Crippen LogP contribution in [0.4, 0.5) is 23.2 Å². The average Bonchev–Trinajstić information content (AvgIpc) is 2.49. The van der Waals surface area contributed by atoms with Crippen molar-refractivity contribution in [1.82, 2.24) is 9.80 Å². The van der Waals surface area contributed by atoms with Crippen LogP contribution in [0.2, 0.25) is 0 Å². The number of alkyl halides is 3. The lowest BCUT2D eigenvalue weighted by Crippen LogP contribution is -2.50. The lowest BCUT2D eigenvalue weighted by atomic mass is 10.3. The van der Waals surface area contributed by atoms with Gasteiger partial charge in [0.25, 0.3) is 0 Å². The van der Waals surface area contributed by atoms with Crippen LogP contribution in [0, 0.1) is 5.82 Å². The summed E-state index contributed by atoms with van der Waals surface area (Å²) in [5.41, 5.74) is 11.4. The molecule has 1 fully saturated rings. The fourth-order valence-electron chi connectivity index (χ4n) is 2.15. The second kappa shape index (κ2) is 8.90. The molecule has 0 bridgehead atoms. The van der Waals surface area contributed by atoms with Gasteiger partial charge in [0.2, 0.25) is 5.96 Å². The highest BCUT2D eigenvalue weighted by molar-refractivity contribution is 5.94. The van der Waals surface area contributed by atoms with Gasteiger partial charge in [-0.15, -0.1) is 25.6 Å². The van der Waals surface area contributed by atoms with Gasteiger partial charge in [0, 0.05) is 32.2 Å². The first-order chi connectivity index (χ1) is 11.6. The van der Waals surface area contributed by atoms with E-state index in [4.69, 9.17) is 11.5 Å². The number of guanidine groups is 2. The van der Waals surface area contributed by atoms with Crippen molar-refractivity contribution in [3.05, 3.63) is 24.0 Å². The summed E-state index contributed by atoms with van der Waals surface area (Å²) in [5.74, 6) is -2.28. The average molecular weight is 399 g/mol. The molecule has 1 aliphatic rings. The number of piperazine rings is 1. The molecule has 1 aromatic rings. The zero-order chi connectivity index (χ0) is 18.6. The summed E-state index contributed by atoms with van der Waals surface area (Å²) in [6, 6.07) is 2.71. The minimum Gasteiger partial charge on any atom is -0.403 e. The van der Waals surface area contributed by atoms with Crippen LogP contribution in [0.25, 0.3) is 0 Å². The van der Waals surface area contributed by atoms with Crippen LogP contribution in [0.3, 0.4) is 0 Å². The van der Waals surface area contributed by atoms with Crippen molar-refractivity contribution >= 4 is 30.0 Å². The lowest BCUT2D eigenvalue weighted by Gasteiger charge is -2.32. The topological polar surface area (TPSA) is 92.5 Å². The van der Waals surface area contributed by atoms with E-state index >= 15 is 0 Å². The Labute approximate surface area is 153 Å². The Morgan fingerprint density at radius 1 is 1.15 bits per heavy atom. The van der Waals surface area contributed by atoms with E-state index in [-0.39, 0.29) is 30.0 Å². The minimum absolute atomic E-state index is 0. The second-order valence-corrected chi connectivity index (χ2v) is 5.39. The maximum Gasteiger partial charge on any atom is 0.573 e. The minimum atomic E-state index is -5.02. The van der Waals surface area contributed by atoms with Gasteiger partial charge in [-0.3, -0.25) is 0 Å². The molecule has 0 aliphatic carbocycles. The smallest absolute Gasteiger partial charge is 0.403 e. The first-order valence-corrected chi connectivity index (χ1v) is 7.31. The Balaban J connectivity index is 0.00000338. The second-order valence-electron chi connectivity index (χ2n) is 5.39. The van der Waals surface area contributed by atoms with E-state index in [1.807, 2.05) is 11.9 Å². The molecule has 26 heavy (non-hydrogen) atoms. The van der Waals surface area contributed by atoms with Crippen molar-refractivity contribution in [1.29, 1.82) is 0 Å². The van der Waals surface area contributed by atoms with E-state index in [9.17, 15) is 17.6 Å². The number of likely N-dealkylation sites (N-methyl/N-ethyl adjacent to an activating group) is 1. The molecule has 12 heteroatoms. The predicted octanol–water partition coefficient (Wildman–Crippen LogP) is 1.65. The molecular formula is C14H19ClF4N6O. The molecule has 7 nitrogen and oxygen atoms in total. The van der Waals surface area contributed by atoms with Crippen LogP contribution >= 0.6 is 12.4 Å². The van der Waals surface area contributed by atoms with E-state index in [0.717, 1.165) is 31.3 Å². The SMILES string of the molecule is CN1CCN(C(N)=NC(N)=Nc2ccc(F)c(OC(F)(F)F)c2)CC1.Cl. The molecule has 0 amide bonds. The Morgan fingerprint density at radius 3 is 2.35 bits per heavy atom. The highest BCUT2D eigenvalue weighted by Crippen LogP contribution is 2.29. The summed E-state index contributed by atoms with van der Waals surface area (Å²) in [6.45, 7) is 2.95. The first-order valence-electron chi connectivity index (χ1n) is 7.31.